The van der Waals surface area contributed by atoms with E-state index in [-0.39, 0.29) is 5.60 Å². The molecule has 0 heterocycles. The molecule has 2 aromatic rings. The minimum atomic E-state index is -0.330. The molecule has 0 fully saturated rings. The van der Waals surface area contributed by atoms with E-state index in [1.807, 2.05) is 49.4 Å². The summed E-state index contributed by atoms with van der Waals surface area (Å²) < 4.78 is 44.5. The number of hydrogen-bond acceptors (Lipinski definition) is 8. The molecule has 0 aliphatic rings. The van der Waals surface area contributed by atoms with Gasteiger partial charge < -0.3 is 37.9 Å². The van der Waals surface area contributed by atoms with Crippen molar-refractivity contribution in [2.75, 3.05) is 54.9 Å². The monoisotopic (exact) mass is 518 g/mol. The highest BCUT2D eigenvalue weighted by Crippen LogP contribution is 2.24. The Bertz CT molecular complexity index is 926. The molecule has 2 aromatic carbocycles. The Morgan fingerprint density at radius 1 is 0.676 bits per heavy atom. The largest absolute Gasteiger partial charge is 0.497 e. The van der Waals surface area contributed by atoms with E-state index in [1.165, 1.54) is 0 Å². The van der Waals surface area contributed by atoms with E-state index in [1.54, 1.807) is 28.4 Å². The van der Waals surface area contributed by atoms with Gasteiger partial charge in [-0.3, -0.25) is 0 Å². The van der Waals surface area contributed by atoms with Crippen LogP contribution in [0.1, 0.15) is 38.3 Å². The molecule has 8 heteroatoms. The zero-order valence-corrected chi connectivity index (χ0v) is 23.3. The van der Waals surface area contributed by atoms with Crippen LogP contribution in [0.25, 0.3) is 0 Å². The van der Waals surface area contributed by atoms with Crippen LogP contribution in [0, 0.1) is 0 Å². The van der Waals surface area contributed by atoms with Gasteiger partial charge in [0.25, 0.3) is 0 Å². The molecule has 0 bridgehead atoms. The van der Waals surface area contributed by atoms with Crippen molar-refractivity contribution in [3.63, 3.8) is 0 Å². The third-order valence-corrected chi connectivity index (χ3v) is 5.61. The Morgan fingerprint density at radius 2 is 1.14 bits per heavy atom. The molecular weight excluding hydrogens is 476 g/mol. The Kier molecular flexibility index (Phi) is 13.1. The molecule has 0 N–H and O–H groups in total. The van der Waals surface area contributed by atoms with Gasteiger partial charge in [-0.05, 0) is 68.7 Å². The summed E-state index contributed by atoms with van der Waals surface area (Å²) in [6, 6.07) is 11.4. The fourth-order valence-corrected chi connectivity index (χ4v) is 3.37. The van der Waals surface area contributed by atoms with Gasteiger partial charge in [-0.15, -0.1) is 0 Å². The fraction of sp³-hybridized carbons (Fsp3) is 0.517. The van der Waals surface area contributed by atoms with Gasteiger partial charge in [0, 0.05) is 18.7 Å². The Hall–Kier alpha value is -2.94. The van der Waals surface area contributed by atoms with Gasteiger partial charge in [0.15, 0.2) is 0 Å². The van der Waals surface area contributed by atoms with Crippen molar-refractivity contribution in [2.45, 2.75) is 46.0 Å². The van der Waals surface area contributed by atoms with Crippen LogP contribution in [0.3, 0.4) is 0 Å². The highest BCUT2D eigenvalue weighted by atomic mass is 16.5. The topological polar surface area (TPSA) is 73.8 Å². The summed E-state index contributed by atoms with van der Waals surface area (Å²) in [6.45, 7) is 8.89. The van der Waals surface area contributed by atoms with Gasteiger partial charge in [-0.1, -0.05) is 0 Å². The fourth-order valence-electron chi connectivity index (χ4n) is 3.37. The lowest BCUT2D eigenvalue weighted by atomic mass is 10.1. The van der Waals surface area contributed by atoms with Crippen LogP contribution in [-0.4, -0.2) is 60.5 Å². The maximum atomic E-state index is 6.02. The van der Waals surface area contributed by atoms with Crippen LogP contribution in [0.5, 0.6) is 23.0 Å². The molecule has 0 saturated carbocycles. The molecule has 0 aliphatic carbocycles. The highest BCUT2D eigenvalue weighted by Gasteiger charge is 2.17. The summed E-state index contributed by atoms with van der Waals surface area (Å²) in [5.74, 6) is 3.76. The van der Waals surface area contributed by atoms with Crippen LogP contribution in [0.4, 0.5) is 0 Å². The summed E-state index contributed by atoms with van der Waals surface area (Å²) in [7, 11) is 6.53. The molecule has 8 nitrogen and oxygen atoms in total. The summed E-state index contributed by atoms with van der Waals surface area (Å²) in [5.41, 5.74) is 1.65. The van der Waals surface area contributed by atoms with Crippen LogP contribution >= 0.6 is 0 Å². The van der Waals surface area contributed by atoms with E-state index in [0.29, 0.717) is 39.6 Å². The third-order valence-electron chi connectivity index (χ3n) is 5.61. The molecule has 37 heavy (non-hydrogen) atoms. The maximum Gasteiger partial charge on any atom is 0.122 e. The van der Waals surface area contributed by atoms with Crippen molar-refractivity contribution in [1.29, 1.82) is 0 Å². The van der Waals surface area contributed by atoms with Crippen LogP contribution < -0.4 is 18.9 Å². The van der Waals surface area contributed by atoms with Gasteiger partial charge in [0.2, 0.25) is 0 Å². The Balaban J connectivity index is 1.62. The Morgan fingerprint density at radius 3 is 1.59 bits per heavy atom. The number of ether oxygens (including phenoxy) is 8. The average Bonchev–Trinajstić information content (AvgIpc) is 2.90. The van der Waals surface area contributed by atoms with E-state index < -0.39 is 0 Å². The first-order valence-electron chi connectivity index (χ1n) is 12.3. The van der Waals surface area contributed by atoms with Gasteiger partial charge in [-0.2, -0.15) is 0 Å². The molecule has 206 valence electrons. The number of hydrogen-bond donors (Lipinski definition) is 0. The molecule has 0 saturated heterocycles. The van der Waals surface area contributed by atoms with Crippen LogP contribution in [-0.2, 0) is 32.2 Å². The first-order chi connectivity index (χ1) is 17.8. The second-order valence-electron chi connectivity index (χ2n) is 9.03. The molecule has 0 aromatic heterocycles. The van der Waals surface area contributed by atoms with Crippen LogP contribution in [0.15, 0.2) is 48.2 Å². The number of methoxy groups -OCH3 is 4. The van der Waals surface area contributed by atoms with Crippen molar-refractivity contribution in [2.24, 2.45) is 0 Å². The molecule has 0 atom stereocenters. The minimum absolute atomic E-state index is 0.330. The van der Waals surface area contributed by atoms with Crippen molar-refractivity contribution in [1.82, 2.24) is 0 Å². The average molecular weight is 519 g/mol. The second-order valence-corrected chi connectivity index (χ2v) is 9.03. The normalized spacial score (nSPS) is 11.8. The number of allylic oxidation sites excluding steroid dienone is 1. The first kappa shape index (κ1) is 30.3. The van der Waals surface area contributed by atoms with Crippen molar-refractivity contribution >= 4 is 0 Å². The van der Waals surface area contributed by atoms with Gasteiger partial charge in [-0.25, -0.2) is 0 Å². The molecule has 0 amide bonds. The van der Waals surface area contributed by atoms with E-state index in [2.05, 4.69) is 13.8 Å². The number of rotatable bonds is 18. The van der Waals surface area contributed by atoms with Gasteiger partial charge in [0.05, 0.1) is 66.2 Å². The molecule has 0 spiro atoms. The van der Waals surface area contributed by atoms with Crippen LogP contribution in [0.2, 0.25) is 0 Å². The third kappa shape index (κ3) is 11.8. The lowest BCUT2D eigenvalue weighted by Crippen LogP contribution is -2.26. The minimum Gasteiger partial charge on any atom is -0.497 e. The van der Waals surface area contributed by atoms with Gasteiger partial charge >= 0.3 is 0 Å². The molecule has 2 rings (SSSR count). The summed E-state index contributed by atoms with van der Waals surface area (Å²) in [5, 5.41) is 0. The maximum absolute atomic E-state index is 6.02. The number of benzene rings is 2. The predicted molar refractivity (Wildman–Crippen MR) is 143 cm³/mol. The SMILES string of the molecule is COc1cc(COCCO/C(C)=C/COC(C)(C)CCOCc2cc(OC)cc(OC)c2)cc(OC)c1. The molecule has 0 unspecified atom stereocenters. The second kappa shape index (κ2) is 16.0. The molecular formula is C29H42O8. The first-order valence-corrected chi connectivity index (χ1v) is 12.3. The predicted octanol–water partition coefficient (Wildman–Crippen LogP) is 5.56. The van der Waals surface area contributed by atoms with E-state index in [4.69, 9.17) is 37.9 Å². The lowest BCUT2D eigenvalue weighted by molar-refractivity contribution is -0.0307. The zero-order valence-electron chi connectivity index (χ0n) is 23.3. The standard InChI is InChI=1S/C29H42O8/c1-22(36-13-12-35-21-24-16-27(32-6)19-28(17-24)33-7)8-10-37-29(2,3)9-11-34-20-23-14-25(30-4)18-26(15-23)31-5/h8,14-19H,9-13,20-21H2,1-7H3/b22-8+. The van der Waals surface area contributed by atoms with Crippen molar-refractivity contribution in [3.05, 3.63) is 59.4 Å². The van der Waals surface area contributed by atoms with E-state index >= 15 is 0 Å². The van der Waals surface area contributed by atoms with E-state index in [0.717, 1.165) is 46.3 Å². The summed E-state index contributed by atoms with van der Waals surface area (Å²) >= 11 is 0. The van der Waals surface area contributed by atoms with Crippen molar-refractivity contribution < 1.29 is 37.9 Å². The molecule has 0 radical (unpaired) electrons. The Labute approximate surface area is 221 Å². The summed E-state index contributed by atoms with van der Waals surface area (Å²) in [4.78, 5) is 0. The smallest absolute Gasteiger partial charge is 0.122 e. The lowest BCUT2D eigenvalue weighted by Gasteiger charge is -2.24. The van der Waals surface area contributed by atoms with Crippen molar-refractivity contribution in [3.8, 4) is 23.0 Å². The summed E-state index contributed by atoms with van der Waals surface area (Å²) in [6.07, 6.45) is 2.68. The van der Waals surface area contributed by atoms with Gasteiger partial charge in [0.1, 0.15) is 29.6 Å². The quantitative estimate of drug-likeness (QED) is 0.188. The molecule has 0 aliphatic heterocycles. The van der Waals surface area contributed by atoms with E-state index in [9.17, 15) is 0 Å². The zero-order chi connectivity index (χ0) is 27.1. The highest BCUT2D eigenvalue weighted by molar-refractivity contribution is 5.38.